The van der Waals surface area contributed by atoms with E-state index in [0.29, 0.717) is 30.7 Å². The summed E-state index contributed by atoms with van der Waals surface area (Å²) in [4.78, 5) is 13.5. The largest absolute Gasteiger partial charge is 0.318 e. The fourth-order valence-electron chi connectivity index (χ4n) is 3.48. The highest BCUT2D eigenvalue weighted by atomic mass is 32.2. The molecule has 1 amide bonds. The molecule has 0 spiro atoms. The van der Waals surface area contributed by atoms with Gasteiger partial charge in [0, 0.05) is 26.1 Å². The van der Waals surface area contributed by atoms with E-state index in [-0.39, 0.29) is 16.7 Å². The number of para-hydroxylation sites is 1. The summed E-state index contributed by atoms with van der Waals surface area (Å²) in [6.07, 6.45) is 0.956. The SMILES string of the molecule is Cn1c(=NNC(=O)C2CCN(S(=O)(=O)c3ccccc3)CC2)sc2ccccc21. The number of sulfonamides is 1. The average molecular weight is 431 g/mol. The fraction of sp³-hybridized carbons (Fsp3) is 0.300. The molecule has 0 atom stereocenters. The number of fused-ring (bicyclic) bond motifs is 1. The Morgan fingerprint density at radius 2 is 1.72 bits per heavy atom. The van der Waals surface area contributed by atoms with Crippen molar-refractivity contribution in [3.63, 3.8) is 0 Å². The summed E-state index contributed by atoms with van der Waals surface area (Å²) in [5.74, 6) is -0.417. The lowest BCUT2D eigenvalue weighted by Gasteiger charge is -2.30. The molecule has 1 saturated heterocycles. The number of carbonyl (C=O) groups is 1. The normalized spacial score (nSPS) is 16.9. The molecule has 4 rings (SSSR count). The molecule has 152 valence electrons. The number of nitrogens with one attached hydrogen (secondary N) is 1. The molecule has 29 heavy (non-hydrogen) atoms. The van der Waals surface area contributed by atoms with Crippen molar-refractivity contribution in [2.75, 3.05) is 13.1 Å². The lowest BCUT2D eigenvalue weighted by molar-refractivity contribution is -0.126. The lowest BCUT2D eigenvalue weighted by Crippen LogP contribution is -2.42. The second-order valence-corrected chi connectivity index (χ2v) is 9.94. The minimum atomic E-state index is -3.51. The minimum Gasteiger partial charge on any atom is -0.318 e. The minimum absolute atomic E-state index is 0.167. The molecule has 9 heteroatoms. The topological polar surface area (TPSA) is 83.8 Å². The third kappa shape index (κ3) is 3.98. The quantitative estimate of drug-likeness (QED) is 0.645. The van der Waals surface area contributed by atoms with E-state index in [0.717, 1.165) is 10.2 Å². The van der Waals surface area contributed by atoms with Crippen molar-refractivity contribution in [1.82, 2.24) is 14.3 Å². The van der Waals surface area contributed by atoms with Crippen LogP contribution in [0.1, 0.15) is 12.8 Å². The van der Waals surface area contributed by atoms with Gasteiger partial charge in [-0.3, -0.25) is 4.79 Å². The number of rotatable bonds is 4. The second kappa shape index (κ2) is 8.10. The van der Waals surface area contributed by atoms with E-state index in [1.165, 1.54) is 15.6 Å². The number of benzene rings is 2. The van der Waals surface area contributed by atoms with E-state index in [2.05, 4.69) is 10.5 Å². The molecule has 2 aromatic carbocycles. The summed E-state index contributed by atoms with van der Waals surface area (Å²) >= 11 is 1.51. The molecule has 0 unspecified atom stereocenters. The fourth-order valence-corrected chi connectivity index (χ4v) is 5.95. The zero-order valence-electron chi connectivity index (χ0n) is 16.0. The highest BCUT2D eigenvalue weighted by Crippen LogP contribution is 2.24. The lowest BCUT2D eigenvalue weighted by atomic mass is 9.98. The monoisotopic (exact) mass is 430 g/mol. The van der Waals surface area contributed by atoms with Gasteiger partial charge >= 0.3 is 0 Å². The Labute approximate surface area is 173 Å². The molecule has 0 aliphatic carbocycles. The van der Waals surface area contributed by atoms with Crippen molar-refractivity contribution in [3.05, 3.63) is 59.4 Å². The standard InChI is InChI=1S/C20H22N4O3S2/c1-23-17-9-5-6-10-18(17)28-20(23)22-21-19(25)15-11-13-24(14-12-15)29(26,27)16-7-3-2-4-8-16/h2-10,15H,11-14H2,1H3,(H,21,25). The smallest absolute Gasteiger partial charge is 0.243 e. The highest BCUT2D eigenvalue weighted by Gasteiger charge is 2.31. The molecule has 1 aliphatic rings. The predicted octanol–water partition coefficient (Wildman–Crippen LogP) is 2.27. The summed E-state index contributed by atoms with van der Waals surface area (Å²) in [5, 5.41) is 4.28. The molecule has 1 fully saturated rings. The van der Waals surface area contributed by atoms with Gasteiger partial charge in [0.05, 0.1) is 15.1 Å². The van der Waals surface area contributed by atoms with Gasteiger partial charge in [-0.1, -0.05) is 41.7 Å². The van der Waals surface area contributed by atoms with Crippen molar-refractivity contribution >= 4 is 37.5 Å². The Hall–Kier alpha value is -2.49. The van der Waals surface area contributed by atoms with E-state index < -0.39 is 10.0 Å². The van der Waals surface area contributed by atoms with Crippen LogP contribution < -0.4 is 10.2 Å². The number of carbonyl (C=O) groups excluding carboxylic acids is 1. The predicted molar refractivity (Wildman–Crippen MR) is 112 cm³/mol. The van der Waals surface area contributed by atoms with E-state index in [4.69, 9.17) is 0 Å². The van der Waals surface area contributed by atoms with Crippen LogP contribution in [-0.4, -0.2) is 36.3 Å². The molecule has 0 radical (unpaired) electrons. The first-order valence-corrected chi connectivity index (χ1v) is 11.7. The van der Waals surface area contributed by atoms with Crippen LogP contribution in [0.25, 0.3) is 10.2 Å². The third-order valence-electron chi connectivity index (χ3n) is 5.18. The summed E-state index contributed by atoms with van der Waals surface area (Å²) in [6, 6.07) is 16.4. The van der Waals surface area contributed by atoms with Crippen LogP contribution in [0.3, 0.4) is 0 Å². The Morgan fingerprint density at radius 3 is 2.41 bits per heavy atom. The molecule has 1 N–H and O–H groups in total. The first-order valence-electron chi connectivity index (χ1n) is 9.40. The van der Waals surface area contributed by atoms with Gasteiger partial charge in [-0.25, -0.2) is 13.8 Å². The summed E-state index contributed by atoms with van der Waals surface area (Å²) in [6.45, 7) is 0.651. The first-order chi connectivity index (χ1) is 14.0. The van der Waals surface area contributed by atoms with Crippen molar-refractivity contribution in [3.8, 4) is 0 Å². The van der Waals surface area contributed by atoms with E-state index in [1.807, 2.05) is 35.9 Å². The van der Waals surface area contributed by atoms with Crippen molar-refractivity contribution in [2.45, 2.75) is 17.7 Å². The molecule has 0 saturated carbocycles. The van der Waals surface area contributed by atoms with Crippen molar-refractivity contribution < 1.29 is 13.2 Å². The number of aryl methyl sites for hydroxylation is 1. The van der Waals surface area contributed by atoms with E-state index >= 15 is 0 Å². The Kier molecular flexibility index (Phi) is 5.53. The first kappa shape index (κ1) is 19.8. The molecule has 0 bridgehead atoms. The maximum atomic E-state index is 12.7. The molecular weight excluding hydrogens is 408 g/mol. The van der Waals surface area contributed by atoms with Gasteiger partial charge in [-0.15, -0.1) is 5.10 Å². The van der Waals surface area contributed by atoms with Gasteiger partial charge in [-0.05, 0) is 37.1 Å². The Balaban J connectivity index is 1.41. The highest BCUT2D eigenvalue weighted by molar-refractivity contribution is 7.89. The summed E-state index contributed by atoms with van der Waals surface area (Å²) in [7, 11) is -1.60. The molecular formula is C20H22N4O3S2. The number of nitrogens with zero attached hydrogens (tertiary/aromatic N) is 3. The van der Waals surface area contributed by atoms with E-state index in [9.17, 15) is 13.2 Å². The van der Waals surface area contributed by atoms with Gasteiger partial charge in [0.25, 0.3) is 0 Å². The van der Waals surface area contributed by atoms with Crippen LogP contribution in [0.15, 0.2) is 64.6 Å². The zero-order valence-corrected chi connectivity index (χ0v) is 17.6. The average Bonchev–Trinajstić information content (AvgIpc) is 3.08. The van der Waals surface area contributed by atoms with Gasteiger partial charge in [0.2, 0.25) is 20.7 Å². The number of aromatic nitrogens is 1. The maximum absolute atomic E-state index is 12.7. The van der Waals surface area contributed by atoms with Crippen LogP contribution in [0, 0.1) is 5.92 Å². The Bertz CT molecular complexity index is 1190. The molecule has 3 aromatic rings. The van der Waals surface area contributed by atoms with Gasteiger partial charge in [0.1, 0.15) is 0 Å². The molecule has 7 nitrogen and oxygen atoms in total. The van der Waals surface area contributed by atoms with Gasteiger partial charge in [0.15, 0.2) is 0 Å². The maximum Gasteiger partial charge on any atom is 0.243 e. The molecule has 2 heterocycles. The third-order valence-corrected chi connectivity index (χ3v) is 8.21. The number of amides is 1. The zero-order chi connectivity index (χ0) is 20.4. The summed E-state index contributed by atoms with van der Waals surface area (Å²) < 4.78 is 29.9. The van der Waals surface area contributed by atoms with Crippen LogP contribution >= 0.6 is 11.3 Å². The van der Waals surface area contributed by atoms with Crippen LogP contribution in [0.5, 0.6) is 0 Å². The number of thiazole rings is 1. The molecule has 1 aromatic heterocycles. The van der Waals surface area contributed by atoms with Crippen molar-refractivity contribution in [1.29, 1.82) is 0 Å². The number of piperidine rings is 1. The second-order valence-electron chi connectivity index (χ2n) is 6.99. The summed E-state index contributed by atoms with van der Waals surface area (Å²) in [5.41, 5.74) is 3.72. The van der Waals surface area contributed by atoms with Gasteiger partial charge in [-0.2, -0.15) is 4.31 Å². The molecule has 1 aliphatic heterocycles. The Morgan fingerprint density at radius 1 is 1.07 bits per heavy atom. The van der Waals surface area contributed by atoms with Crippen LogP contribution in [0.2, 0.25) is 0 Å². The number of hydrogen-bond donors (Lipinski definition) is 1. The van der Waals surface area contributed by atoms with Crippen LogP contribution in [0.4, 0.5) is 0 Å². The van der Waals surface area contributed by atoms with Crippen LogP contribution in [-0.2, 0) is 21.9 Å². The van der Waals surface area contributed by atoms with E-state index in [1.54, 1.807) is 30.3 Å². The van der Waals surface area contributed by atoms with Crippen molar-refractivity contribution in [2.24, 2.45) is 18.1 Å². The van der Waals surface area contributed by atoms with Gasteiger partial charge < -0.3 is 4.57 Å². The number of hydrogen-bond acceptors (Lipinski definition) is 5.